The van der Waals surface area contributed by atoms with Crippen molar-refractivity contribution in [3.63, 3.8) is 0 Å². The first-order valence-corrected chi connectivity index (χ1v) is 3.94. The zero-order valence-corrected chi connectivity index (χ0v) is 7.09. The molecular weight excluding hydrogens is 138 g/mol. The second-order valence-electron chi connectivity index (χ2n) is 2.99. The highest BCUT2D eigenvalue weighted by atomic mass is 14.9. The maximum absolute atomic E-state index is 5.62. The van der Waals surface area contributed by atoms with Crippen LogP contribution < -0.4 is 5.73 Å². The molecular formula is C8H15N3. The third-order valence-corrected chi connectivity index (χ3v) is 1.77. The van der Waals surface area contributed by atoms with E-state index in [-0.39, 0.29) is 6.04 Å². The molecule has 3 nitrogen and oxygen atoms in total. The number of nitrogens with one attached hydrogen (secondary N) is 1. The minimum atomic E-state index is 0.270. The first kappa shape index (κ1) is 8.27. The van der Waals surface area contributed by atoms with Crippen molar-refractivity contribution in [1.29, 1.82) is 0 Å². The molecule has 0 aromatic carbocycles. The predicted octanol–water partition coefficient (Wildman–Crippen LogP) is 0.998. The zero-order chi connectivity index (χ0) is 8.27. The number of imidazole rings is 1. The first-order valence-electron chi connectivity index (χ1n) is 3.94. The van der Waals surface area contributed by atoms with Crippen LogP contribution in [0.1, 0.15) is 24.7 Å². The van der Waals surface area contributed by atoms with Crippen LogP contribution in [0.3, 0.4) is 0 Å². The molecule has 0 aliphatic carbocycles. The van der Waals surface area contributed by atoms with Crippen LogP contribution in [0, 0.1) is 6.92 Å². The van der Waals surface area contributed by atoms with Crippen LogP contribution in [0.15, 0.2) is 6.33 Å². The summed E-state index contributed by atoms with van der Waals surface area (Å²) in [6, 6.07) is 0.270. The molecule has 62 valence electrons. The summed E-state index contributed by atoms with van der Waals surface area (Å²) in [5.41, 5.74) is 7.92. The lowest BCUT2D eigenvalue weighted by atomic mass is 10.1. The van der Waals surface area contributed by atoms with Crippen LogP contribution in [-0.2, 0) is 6.42 Å². The van der Waals surface area contributed by atoms with Crippen LogP contribution in [-0.4, -0.2) is 16.0 Å². The number of nitrogens with two attached hydrogens (primary N) is 1. The van der Waals surface area contributed by atoms with Gasteiger partial charge in [0.25, 0.3) is 0 Å². The van der Waals surface area contributed by atoms with Crippen molar-refractivity contribution in [1.82, 2.24) is 9.97 Å². The predicted molar refractivity (Wildman–Crippen MR) is 45.3 cm³/mol. The topological polar surface area (TPSA) is 54.7 Å². The standard InChI is InChI=1S/C8H15N3/c1-6(9)3-4-8-7(2)10-5-11-8/h5-6H,3-4,9H2,1-2H3,(H,10,11). The quantitative estimate of drug-likeness (QED) is 0.680. The van der Waals surface area contributed by atoms with Gasteiger partial charge in [-0.3, -0.25) is 0 Å². The average molecular weight is 153 g/mol. The molecule has 11 heavy (non-hydrogen) atoms. The van der Waals surface area contributed by atoms with E-state index >= 15 is 0 Å². The van der Waals surface area contributed by atoms with Crippen molar-refractivity contribution < 1.29 is 0 Å². The fourth-order valence-electron chi connectivity index (χ4n) is 1.00. The van der Waals surface area contributed by atoms with Gasteiger partial charge in [0, 0.05) is 11.7 Å². The van der Waals surface area contributed by atoms with Gasteiger partial charge in [-0.1, -0.05) is 0 Å². The molecule has 0 saturated heterocycles. The number of rotatable bonds is 3. The molecule has 3 heteroatoms. The lowest BCUT2D eigenvalue weighted by Gasteiger charge is -2.02. The van der Waals surface area contributed by atoms with Crippen LogP contribution in [0.5, 0.6) is 0 Å². The molecule has 1 aromatic rings. The lowest BCUT2D eigenvalue weighted by molar-refractivity contribution is 0.658. The Morgan fingerprint density at radius 1 is 1.73 bits per heavy atom. The molecule has 1 rings (SSSR count). The van der Waals surface area contributed by atoms with E-state index in [4.69, 9.17) is 5.73 Å². The number of hydrogen-bond donors (Lipinski definition) is 2. The molecule has 3 N–H and O–H groups in total. The fourth-order valence-corrected chi connectivity index (χ4v) is 1.00. The van der Waals surface area contributed by atoms with Gasteiger partial charge in [-0.15, -0.1) is 0 Å². The van der Waals surface area contributed by atoms with Gasteiger partial charge >= 0.3 is 0 Å². The maximum atomic E-state index is 5.62. The molecule has 0 bridgehead atoms. The fraction of sp³-hybridized carbons (Fsp3) is 0.625. The van der Waals surface area contributed by atoms with Crippen molar-refractivity contribution in [2.75, 3.05) is 0 Å². The highest BCUT2D eigenvalue weighted by Gasteiger charge is 2.01. The van der Waals surface area contributed by atoms with E-state index in [0.717, 1.165) is 24.2 Å². The Kier molecular flexibility index (Phi) is 2.65. The van der Waals surface area contributed by atoms with Crippen molar-refractivity contribution in [2.24, 2.45) is 5.73 Å². The normalized spacial score (nSPS) is 13.4. The van der Waals surface area contributed by atoms with Gasteiger partial charge in [-0.05, 0) is 26.7 Å². The Hall–Kier alpha value is -0.830. The van der Waals surface area contributed by atoms with Crippen molar-refractivity contribution in [3.05, 3.63) is 17.7 Å². The van der Waals surface area contributed by atoms with Gasteiger partial charge in [0.2, 0.25) is 0 Å². The highest BCUT2D eigenvalue weighted by Crippen LogP contribution is 2.04. The van der Waals surface area contributed by atoms with E-state index < -0.39 is 0 Å². The van der Waals surface area contributed by atoms with Crippen molar-refractivity contribution >= 4 is 0 Å². The van der Waals surface area contributed by atoms with Gasteiger partial charge in [0.05, 0.1) is 12.0 Å². The van der Waals surface area contributed by atoms with Gasteiger partial charge in [0.15, 0.2) is 0 Å². The molecule has 0 radical (unpaired) electrons. The summed E-state index contributed by atoms with van der Waals surface area (Å²) in [6.07, 6.45) is 3.71. The Morgan fingerprint density at radius 2 is 2.45 bits per heavy atom. The minimum absolute atomic E-state index is 0.270. The van der Waals surface area contributed by atoms with Gasteiger partial charge in [0.1, 0.15) is 0 Å². The summed E-state index contributed by atoms with van der Waals surface area (Å²) in [5, 5.41) is 0. The SMILES string of the molecule is Cc1[nH]cnc1CCC(C)N. The Balaban J connectivity index is 2.44. The summed E-state index contributed by atoms with van der Waals surface area (Å²) in [7, 11) is 0. The molecule has 0 amide bonds. The minimum Gasteiger partial charge on any atom is -0.348 e. The number of aromatic nitrogens is 2. The summed E-state index contributed by atoms with van der Waals surface area (Å²) < 4.78 is 0. The number of aryl methyl sites for hydroxylation is 2. The molecule has 0 fully saturated rings. The summed E-state index contributed by atoms with van der Waals surface area (Å²) in [6.45, 7) is 4.05. The molecule has 0 aliphatic rings. The van der Waals surface area contributed by atoms with E-state index in [1.807, 2.05) is 13.8 Å². The Morgan fingerprint density at radius 3 is 2.91 bits per heavy atom. The molecule has 1 unspecified atom stereocenters. The van der Waals surface area contributed by atoms with E-state index in [1.54, 1.807) is 6.33 Å². The monoisotopic (exact) mass is 153 g/mol. The summed E-state index contributed by atoms with van der Waals surface area (Å²) >= 11 is 0. The van der Waals surface area contributed by atoms with Crippen LogP contribution in [0.2, 0.25) is 0 Å². The number of H-pyrrole nitrogens is 1. The van der Waals surface area contributed by atoms with Crippen LogP contribution >= 0.6 is 0 Å². The maximum Gasteiger partial charge on any atom is 0.0925 e. The van der Waals surface area contributed by atoms with E-state index in [9.17, 15) is 0 Å². The van der Waals surface area contributed by atoms with Crippen LogP contribution in [0.4, 0.5) is 0 Å². The molecule has 1 heterocycles. The smallest absolute Gasteiger partial charge is 0.0925 e. The second-order valence-corrected chi connectivity index (χ2v) is 2.99. The number of nitrogens with zero attached hydrogens (tertiary/aromatic N) is 1. The third-order valence-electron chi connectivity index (χ3n) is 1.77. The summed E-state index contributed by atoms with van der Waals surface area (Å²) in [5.74, 6) is 0. The molecule has 0 saturated carbocycles. The number of aromatic amines is 1. The molecule has 0 aliphatic heterocycles. The van der Waals surface area contributed by atoms with Gasteiger partial charge in [-0.2, -0.15) is 0 Å². The van der Waals surface area contributed by atoms with E-state index in [0.29, 0.717) is 0 Å². The average Bonchev–Trinajstić information content (AvgIpc) is 2.31. The van der Waals surface area contributed by atoms with E-state index in [2.05, 4.69) is 9.97 Å². The summed E-state index contributed by atoms with van der Waals surface area (Å²) in [4.78, 5) is 7.22. The first-order chi connectivity index (χ1) is 5.20. The largest absolute Gasteiger partial charge is 0.348 e. The van der Waals surface area contributed by atoms with E-state index in [1.165, 1.54) is 0 Å². The lowest BCUT2D eigenvalue weighted by Crippen LogP contribution is -2.15. The molecule has 0 spiro atoms. The second kappa shape index (κ2) is 3.53. The van der Waals surface area contributed by atoms with Crippen LogP contribution in [0.25, 0.3) is 0 Å². The Labute approximate surface area is 67.0 Å². The molecule has 1 atom stereocenters. The van der Waals surface area contributed by atoms with Gasteiger partial charge in [-0.25, -0.2) is 4.98 Å². The van der Waals surface area contributed by atoms with Crippen molar-refractivity contribution in [3.8, 4) is 0 Å². The molecule has 1 aromatic heterocycles. The van der Waals surface area contributed by atoms with Gasteiger partial charge < -0.3 is 10.7 Å². The van der Waals surface area contributed by atoms with Crippen molar-refractivity contribution in [2.45, 2.75) is 32.7 Å². The number of hydrogen-bond acceptors (Lipinski definition) is 2. The third kappa shape index (κ3) is 2.35. The highest BCUT2D eigenvalue weighted by molar-refractivity contribution is 5.08. The Bertz CT molecular complexity index is 215. The zero-order valence-electron chi connectivity index (χ0n) is 7.09.